The Hall–Kier alpha value is -3.01. The van der Waals surface area contributed by atoms with Gasteiger partial charge in [-0.05, 0) is 31.0 Å². The smallest absolute Gasteiger partial charge is 0.416 e. The van der Waals surface area contributed by atoms with Crippen molar-refractivity contribution < 1.29 is 22.7 Å². The first-order valence-corrected chi connectivity index (χ1v) is 10.6. The highest BCUT2D eigenvalue weighted by Gasteiger charge is 2.30. The third-order valence-electron chi connectivity index (χ3n) is 5.04. The van der Waals surface area contributed by atoms with Crippen LogP contribution in [-0.4, -0.2) is 34.0 Å². The molecule has 4 rings (SSSR count). The highest BCUT2D eigenvalue weighted by Crippen LogP contribution is 2.32. The molecule has 0 N–H and O–H groups in total. The minimum Gasteiger partial charge on any atom is -0.459 e. The van der Waals surface area contributed by atoms with Crippen molar-refractivity contribution in [2.24, 2.45) is 5.92 Å². The minimum absolute atomic E-state index is 0.0397. The third kappa shape index (κ3) is 5.19. The number of thiazole rings is 1. The number of aromatic nitrogens is 3. The lowest BCUT2D eigenvalue weighted by atomic mass is 9.97. The van der Waals surface area contributed by atoms with Crippen molar-refractivity contribution in [3.05, 3.63) is 59.4 Å². The maximum Gasteiger partial charge on any atom is 0.416 e. The number of anilines is 1. The Morgan fingerprint density at radius 3 is 2.45 bits per heavy atom. The number of alkyl halides is 3. The zero-order valence-corrected chi connectivity index (χ0v) is 17.2. The number of benzene rings is 1. The number of hydrogen-bond donors (Lipinski definition) is 0. The molecule has 1 saturated heterocycles. The molecule has 0 bridgehead atoms. The second-order valence-electron chi connectivity index (χ2n) is 7.14. The SMILES string of the molecule is O=C(OCc1csc(-c2ccc(C(F)(F)F)cc2)n1)C1CCN(c2ncccn2)CC1. The lowest BCUT2D eigenvalue weighted by molar-refractivity contribution is -0.150. The Morgan fingerprint density at radius 2 is 1.81 bits per heavy atom. The number of nitrogens with zero attached hydrogens (tertiary/aromatic N) is 4. The van der Waals surface area contributed by atoms with Crippen molar-refractivity contribution in [3.8, 4) is 10.6 Å². The molecule has 2 aromatic heterocycles. The van der Waals surface area contributed by atoms with Gasteiger partial charge < -0.3 is 9.64 Å². The van der Waals surface area contributed by atoms with Crippen molar-refractivity contribution in [1.82, 2.24) is 15.0 Å². The van der Waals surface area contributed by atoms with Crippen LogP contribution in [0.1, 0.15) is 24.1 Å². The molecule has 3 aromatic rings. The largest absolute Gasteiger partial charge is 0.459 e. The van der Waals surface area contributed by atoms with E-state index in [0.29, 0.717) is 48.1 Å². The maximum absolute atomic E-state index is 12.7. The molecule has 0 amide bonds. The standard InChI is InChI=1S/C21H19F3N4O2S/c22-21(23,24)16-4-2-14(3-5-16)18-27-17(13-31-18)12-30-19(29)15-6-10-28(11-7-15)20-25-8-1-9-26-20/h1-5,8-9,13,15H,6-7,10-12H2. The van der Waals surface area contributed by atoms with E-state index in [1.807, 2.05) is 4.90 Å². The zero-order valence-electron chi connectivity index (χ0n) is 16.4. The van der Waals surface area contributed by atoms with Crippen molar-refractivity contribution >= 4 is 23.3 Å². The van der Waals surface area contributed by atoms with Crippen LogP contribution >= 0.6 is 11.3 Å². The van der Waals surface area contributed by atoms with E-state index in [1.165, 1.54) is 23.5 Å². The van der Waals surface area contributed by atoms with E-state index in [2.05, 4.69) is 15.0 Å². The molecule has 1 aromatic carbocycles. The number of carbonyl (C=O) groups is 1. The molecular formula is C21H19F3N4O2S. The highest BCUT2D eigenvalue weighted by atomic mass is 32.1. The van der Waals surface area contributed by atoms with Gasteiger partial charge in [0.1, 0.15) is 11.6 Å². The van der Waals surface area contributed by atoms with E-state index in [4.69, 9.17) is 4.74 Å². The fraction of sp³-hybridized carbons (Fsp3) is 0.333. The number of ether oxygens (including phenoxy) is 1. The van der Waals surface area contributed by atoms with Gasteiger partial charge in [-0.25, -0.2) is 15.0 Å². The Bertz CT molecular complexity index is 1020. The lowest BCUT2D eigenvalue weighted by Crippen LogP contribution is -2.37. The normalized spacial score (nSPS) is 15.1. The van der Waals surface area contributed by atoms with Crippen LogP contribution in [0.25, 0.3) is 10.6 Å². The molecule has 31 heavy (non-hydrogen) atoms. The molecule has 0 aliphatic carbocycles. The van der Waals surface area contributed by atoms with E-state index >= 15 is 0 Å². The van der Waals surface area contributed by atoms with Crippen LogP contribution in [0.5, 0.6) is 0 Å². The van der Waals surface area contributed by atoms with Gasteiger partial charge in [0, 0.05) is 36.4 Å². The summed E-state index contributed by atoms with van der Waals surface area (Å²) >= 11 is 1.30. The molecule has 3 heterocycles. The van der Waals surface area contributed by atoms with Crippen LogP contribution in [0.15, 0.2) is 48.1 Å². The molecule has 1 aliphatic heterocycles. The maximum atomic E-state index is 12.7. The Morgan fingerprint density at radius 1 is 1.13 bits per heavy atom. The predicted octanol–water partition coefficient (Wildman–Crippen LogP) is 4.58. The van der Waals surface area contributed by atoms with E-state index in [1.54, 1.807) is 23.8 Å². The lowest BCUT2D eigenvalue weighted by Gasteiger charge is -2.30. The van der Waals surface area contributed by atoms with Gasteiger partial charge in [-0.3, -0.25) is 4.79 Å². The van der Waals surface area contributed by atoms with Crippen LogP contribution in [-0.2, 0) is 22.3 Å². The number of hydrogen-bond acceptors (Lipinski definition) is 7. The topological polar surface area (TPSA) is 68.2 Å². The molecule has 0 spiro atoms. The van der Waals surface area contributed by atoms with E-state index in [-0.39, 0.29) is 18.5 Å². The average molecular weight is 448 g/mol. The third-order valence-corrected chi connectivity index (χ3v) is 5.98. The summed E-state index contributed by atoms with van der Waals surface area (Å²) in [4.78, 5) is 27.3. The second-order valence-corrected chi connectivity index (χ2v) is 8.00. The summed E-state index contributed by atoms with van der Waals surface area (Å²) in [7, 11) is 0. The number of piperidine rings is 1. The van der Waals surface area contributed by atoms with Gasteiger partial charge in [0.15, 0.2) is 0 Å². The average Bonchev–Trinajstić information content (AvgIpc) is 3.27. The number of esters is 1. The van der Waals surface area contributed by atoms with Crippen molar-refractivity contribution in [2.75, 3.05) is 18.0 Å². The summed E-state index contributed by atoms with van der Waals surface area (Å²) < 4.78 is 43.5. The van der Waals surface area contributed by atoms with Crippen LogP contribution < -0.4 is 4.90 Å². The fourth-order valence-corrected chi connectivity index (χ4v) is 4.15. The summed E-state index contributed by atoms with van der Waals surface area (Å²) in [6, 6.07) is 6.60. The predicted molar refractivity (Wildman–Crippen MR) is 109 cm³/mol. The first kappa shape index (κ1) is 21.2. The molecule has 1 fully saturated rings. The van der Waals surface area contributed by atoms with Gasteiger partial charge in [-0.1, -0.05) is 12.1 Å². The molecule has 0 radical (unpaired) electrons. The van der Waals surface area contributed by atoms with Crippen LogP contribution in [0, 0.1) is 5.92 Å². The highest BCUT2D eigenvalue weighted by molar-refractivity contribution is 7.13. The van der Waals surface area contributed by atoms with Crippen LogP contribution in [0.3, 0.4) is 0 Å². The molecule has 0 atom stereocenters. The molecule has 10 heteroatoms. The van der Waals surface area contributed by atoms with Gasteiger partial charge in [0.25, 0.3) is 0 Å². The van der Waals surface area contributed by atoms with Crippen LogP contribution in [0.4, 0.5) is 19.1 Å². The first-order chi connectivity index (χ1) is 14.9. The van der Waals surface area contributed by atoms with Gasteiger partial charge in [-0.15, -0.1) is 11.3 Å². The quantitative estimate of drug-likeness (QED) is 0.533. The monoisotopic (exact) mass is 448 g/mol. The van der Waals surface area contributed by atoms with Gasteiger partial charge in [0.2, 0.25) is 5.95 Å². The number of carbonyl (C=O) groups excluding carboxylic acids is 1. The Labute approximate surface area is 180 Å². The molecule has 1 aliphatic rings. The van der Waals surface area contributed by atoms with Crippen molar-refractivity contribution in [3.63, 3.8) is 0 Å². The first-order valence-electron chi connectivity index (χ1n) is 9.71. The summed E-state index contributed by atoms with van der Waals surface area (Å²) in [5.41, 5.74) is 0.460. The Balaban J connectivity index is 1.28. The number of halogens is 3. The summed E-state index contributed by atoms with van der Waals surface area (Å²) in [6.45, 7) is 1.40. The minimum atomic E-state index is -4.37. The molecule has 0 unspecified atom stereocenters. The summed E-state index contributed by atoms with van der Waals surface area (Å²) in [5.74, 6) is 0.207. The van der Waals surface area contributed by atoms with Crippen LogP contribution in [0.2, 0.25) is 0 Å². The summed E-state index contributed by atoms with van der Waals surface area (Å²) in [6.07, 6.45) is 0.325. The molecule has 0 saturated carbocycles. The van der Waals surface area contributed by atoms with E-state index in [9.17, 15) is 18.0 Å². The molecular weight excluding hydrogens is 429 g/mol. The summed E-state index contributed by atoms with van der Waals surface area (Å²) in [5, 5.41) is 2.33. The zero-order chi connectivity index (χ0) is 21.8. The fourth-order valence-electron chi connectivity index (χ4n) is 3.34. The van der Waals surface area contributed by atoms with Gasteiger partial charge >= 0.3 is 12.1 Å². The second kappa shape index (κ2) is 9.01. The molecule has 6 nitrogen and oxygen atoms in total. The van der Waals surface area contributed by atoms with Crippen molar-refractivity contribution in [2.45, 2.75) is 25.6 Å². The van der Waals surface area contributed by atoms with E-state index in [0.717, 1.165) is 12.1 Å². The molecule has 162 valence electrons. The van der Waals surface area contributed by atoms with Gasteiger partial charge in [-0.2, -0.15) is 13.2 Å². The number of rotatable bonds is 5. The van der Waals surface area contributed by atoms with Crippen molar-refractivity contribution in [1.29, 1.82) is 0 Å². The van der Waals surface area contributed by atoms with E-state index < -0.39 is 11.7 Å². The van der Waals surface area contributed by atoms with Gasteiger partial charge in [0.05, 0.1) is 17.2 Å². The Kier molecular flexibility index (Phi) is 6.17.